The Morgan fingerprint density at radius 2 is 2.38 bits per heavy atom. The molecule has 0 fully saturated rings. The van der Waals surface area contributed by atoms with Crippen molar-refractivity contribution < 1.29 is 4.39 Å². The first-order valence-electron chi connectivity index (χ1n) is 1.91. The van der Waals surface area contributed by atoms with Crippen molar-refractivity contribution in [2.24, 2.45) is 4.99 Å². The molecule has 0 aromatic carbocycles. The van der Waals surface area contributed by atoms with Gasteiger partial charge in [-0.25, -0.2) is 4.39 Å². The number of halogens is 2. The Kier molecular flexibility index (Phi) is 4.84. The van der Waals surface area contributed by atoms with Crippen LogP contribution in [0.2, 0.25) is 0 Å². The third-order valence-electron chi connectivity index (χ3n) is 0.408. The van der Waals surface area contributed by atoms with Crippen molar-refractivity contribution in [2.45, 2.75) is 0 Å². The molecule has 0 unspecified atom stereocenters. The molecule has 0 N–H and O–H groups in total. The third kappa shape index (κ3) is 3.98. The highest BCUT2D eigenvalue weighted by Gasteiger charge is 1.79. The molecule has 0 atom stereocenters. The smallest absolute Gasteiger partial charge is 0.147 e. The number of rotatable bonds is 2. The van der Waals surface area contributed by atoms with Gasteiger partial charge in [-0.3, -0.25) is 4.99 Å². The monoisotopic (exact) mass is 225 g/mol. The van der Waals surface area contributed by atoms with E-state index < -0.39 is 0 Å². The Morgan fingerprint density at radius 3 is 2.75 bits per heavy atom. The molecular formula is C5H5FIN. The number of hydrogen-bond acceptors (Lipinski definition) is 1. The lowest BCUT2D eigenvalue weighted by molar-refractivity contribution is 0.690. The van der Waals surface area contributed by atoms with E-state index in [2.05, 4.69) is 11.6 Å². The standard InChI is InChI=1S/C5H5FIN/c1-2-8-4-5(6)3-7/h2-4H,1H2/b5-3-,8-4-. The maximum atomic E-state index is 12.0. The van der Waals surface area contributed by atoms with Crippen molar-refractivity contribution in [1.82, 2.24) is 0 Å². The summed E-state index contributed by atoms with van der Waals surface area (Å²) in [5.41, 5.74) is 0. The fourth-order valence-corrected chi connectivity index (χ4v) is 0.313. The first-order valence-corrected chi connectivity index (χ1v) is 3.15. The maximum Gasteiger partial charge on any atom is 0.147 e. The van der Waals surface area contributed by atoms with Gasteiger partial charge in [-0.2, -0.15) is 0 Å². The average molecular weight is 225 g/mol. The molecule has 3 heteroatoms. The van der Waals surface area contributed by atoms with E-state index in [0.29, 0.717) is 0 Å². The molecule has 0 aliphatic heterocycles. The van der Waals surface area contributed by atoms with Crippen LogP contribution in [0.1, 0.15) is 0 Å². The van der Waals surface area contributed by atoms with Crippen LogP contribution in [-0.2, 0) is 0 Å². The van der Waals surface area contributed by atoms with Crippen LogP contribution in [-0.4, -0.2) is 6.21 Å². The number of nitrogens with zero attached hydrogens (tertiary/aromatic N) is 1. The first kappa shape index (κ1) is 7.81. The molecule has 0 amide bonds. The normalized spacial score (nSPS) is 12.5. The highest BCUT2D eigenvalue weighted by Crippen LogP contribution is 1.96. The predicted molar refractivity (Wildman–Crippen MR) is 41.9 cm³/mol. The van der Waals surface area contributed by atoms with E-state index in [1.165, 1.54) is 10.3 Å². The Balaban J connectivity index is 3.69. The minimum Gasteiger partial charge on any atom is -0.262 e. The second-order valence-corrected chi connectivity index (χ2v) is 1.58. The van der Waals surface area contributed by atoms with Gasteiger partial charge >= 0.3 is 0 Å². The Labute approximate surface area is 61.1 Å². The molecule has 0 saturated carbocycles. The van der Waals surface area contributed by atoms with Crippen LogP contribution >= 0.6 is 22.6 Å². The van der Waals surface area contributed by atoms with Gasteiger partial charge in [0.15, 0.2) is 0 Å². The van der Waals surface area contributed by atoms with Gasteiger partial charge in [-0.1, -0.05) is 6.58 Å². The van der Waals surface area contributed by atoms with Gasteiger partial charge in [-0.05, 0) is 22.6 Å². The van der Waals surface area contributed by atoms with Crippen LogP contribution < -0.4 is 0 Å². The summed E-state index contributed by atoms with van der Waals surface area (Å²) in [5, 5.41) is 0. The molecule has 1 nitrogen and oxygen atoms in total. The molecule has 0 aliphatic carbocycles. The van der Waals surface area contributed by atoms with Crippen LogP contribution in [0.5, 0.6) is 0 Å². The minimum atomic E-state index is -0.356. The molecular weight excluding hydrogens is 220 g/mol. The first-order chi connectivity index (χ1) is 3.81. The molecule has 0 radical (unpaired) electrons. The lowest BCUT2D eigenvalue weighted by Gasteiger charge is -1.75. The number of aliphatic imine (C=N–C) groups is 1. The molecule has 0 bridgehead atoms. The minimum absolute atomic E-state index is 0.356. The lowest BCUT2D eigenvalue weighted by atomic mass is 10.7. The van der Waals surface area contributed by atoms with Crippen LogP contribution in [0.15, 0.2) is 27.7 Å². The van der Waals surface area contributed by atoms with Crippen molar-refractivity contribution in [3.05, 3.63) is 22.7 Å². The summed E-state index contributed by atoms with van der Waals surface area (Å²) in [7, 11) is 0. The molecule has 0 aliphatic rings. The predicted octanol–water partition coefficient (Wildman–Crippen LogP) is 2.45. The fourth-order valence-electron chi connectivity index (χ4n) is 0.152. The number of allylic oxidation sites excluding steroid dienone is 1. The maximum absolute atomic E-state index is 12.0. The van der Waals surface area contributed by atoms with E-state index in [1.807, 2.05) is 0 Å². The Bertz CT molecular complexity index is 128. The van der Waals surface area contributed by atoms with Gasteiger partial charge in [-0.15, -0.1) is 0 Å². The summed E-state index contributed by atoms with van der Waals surface area (Å²) in [6, 6.07) is 0. The summed E-state index contributed by atoms with van der Waals surface area (Å²) in [5.74, 6) is -0.356. The Morgan fingerprint density at radius 1 is 1.75 bits per heavy atom. The average Bonchev–Trinajstić information content (AvgIpc) is 1.83. The van der Waals surface area contributed by atoms with Crippen molar-refractivity contribution in [1.29, 1.82) is 0 Å². The molecule has 44 valence electrons. The van der Waals surface area contributed by atoms with Crippen molar-refractivity contribution in [3.8, 4) is 0 Å². The van der Waals surface area contributed by atoms with Gasteiger partial charge in [0.2, 0.25) is 0 Å². The SMILES string of the molecule is C=C/N=C\C(F)=C\I. The molecule has 8 heavy (non-hydrogen) atoms. The van der Waals surface area contributed by atoms with Crippen LogP contribution in [0, 0.1) is 0 Å². The van der Waals surface area contributed by atoms with Crippen LogP contribution in [0.3, 0.4) is 0 Å². The number of hydrogen-bond donors (Lipinski definition) is 0. The zero-order chi connectivity index (χ0) is 6.41. The molecule has 0 aromatic rings. The molecule has 0 heterocycles. The van der Waals surface area contributed by atoms with Gasteiger partial charge < -0.3 is 0 Å². The summed E-state index contributed by atoms with van der Waals surface area (Å²) < 4.78 is 13.3. The van der Waals surface area contributed by atoms with E-state index in [1.54, 1.807) is 22.6 Å². The Hall–Kier alpha value is -0.190. The summed E-state index contributed by atoms with van der Waals surface area (Å²) >= 11 is 1.79. The topological polar surface area (TPSA) is 12.4 Å². The summed E-state index contributed by atoms with van der Waals surface area (Å²) in [6.07, 6.45) is 2.37. The third-order valence-corrected chi connectivity index (χ3v) is 1.00. The molecule has 0 saturated heterocycles. The van der Waals surface area contributed by atoms with E-state index in [9.17, 15) is 4.39 Å². The highest BCUT2D eigenvalue weighted by atomic mass is 127. The molecule has 0 spiro atoms. The van der Waals surface area contributed by atoms with Crippen LogP contribution in [0.25, 0.3) is 0 Å². The van der Waals surface area contributed by atoms with Crippen molar-refractivity contribution >= 4 is 28.8 Å². The van der Waals surface area contributed by atoms with E-state index in [-0.39, 0.29) is 5.83 Å². The van der Waals surface area contributed by atoms with E-state index in [0.717, 1.165) is 6.21 Å². The second kappa shape index (κ2) is 4.96. The van der Waals surface area contributed by atoms with Gasteiger partial charge in [0.25, 0.3) is 0 Å². The van der Waals surface area contributed by atoms with Gasteiger partial charge in [0.05, 0.1) is 6.21 Å². The summed E-state index contributed by atoms with van der Waals surface area (Å²) in [6.45, 7) is 3.27. The lowest BCUT2D eigenvalue weighted by Crippen LogP contribution is -1.68. The zero-order valence-electron chi connectivity index (χ0n) is 4.14. The van der Waals surface area contributed by atoms with Gasteiger partial charge in [0, 0.05) is 10.3 Å². The van der Waals surface area contributed by atoms with E-state index in [4.69, 9.17) is 0 Å². The zero-order valence-corrected chi connectivity index (χ0v) is 6.30. The summed E-state index contributed by atoms with van der Waals surface area (Å²) in [4.78, 5) is 3.43. The van der Waals surface area contributed by atoms with Crippen molar-refractivity contribution in [3.63, 3.8) is 0 Å². The van der Waals surface area contributed by atoms with Gasteiger partial charge in [0.1, 0.15) is 5.83 Å². The fraction of sp³-hybridized carbons (Fsp3) is 0. The quantitative estimate of drug-likeness (QED) is 0.505. The second-order valence-electron chi connectivity index (χ2n) is 0.955. The highest BCUT2D eigenvalue weighted by molar-refractivity contribution is 14.1. The van der Waals surface area contributed by atoms with E-state index >= 15 is 0 Å². The molecule has 0 aromatic heterocycles. The van der Waals surface area contributed by atoms with Crippen LogP contribution in [0.4, 0.5) is 4.39 Å². The molecule has 0 rings (SSSR count). The van der Waals surface area contributed by atoms with Crippen molar-refractivity contribution in [2.75, 3.05) is 0 Å². The largest absolute Gasteiger partial charge is 0.262 e.